The number of aryl methyl sites for hydroxylation is 2. The van der Waals surface area contributed by atoms with E-state index in [9.17, 15) is 0 Å². The van der Waals surface area contributed by atoms with E-state index in [4.69, 9.17) is 4.74 Å². The summed E-state index contributed by atoms with van der Waals surface area (Å²) in [5.41, 5.74) is 5.49. The third-order valence-electron chi connectivity index (χ3n) is 7.53. The highest BCUT2D eigenvalue weighted by molar-refractivity contribution is 5.47. The summed E-state index contributed by atoms with van der Waals surface area (Å²) in [7, 11) is 0. The molecule has 0 spiro atoms. The van der Waals surface area contributed by atoms with E-state index < -0.39 is 0 Å². The first-order chi connectivity index (χ1) is 16.3. The summed E-state index contributed by atoms with van der Waals surface area (Å²) in [6.07, 6.45) is 19.4. The molecule has 0 N–H and O–H groups in total. The van der Waals surface area contributed by atoms with Crippen LogP contribution in [0.4, 0.5) is 0 Å². The molecule has 0 unspecified atom stereocenters. The van der Waals surface area contributed by atoms with Crippen LogP contribution in [0.3, 0.4) is 0 Å². The van der Waals surface area contributed by atoms with E-state index in [2.05, 4.69) is 62.0 Å². The van der Waals surface area contributed by atoms with Crippen molar-refractivity contribution in [2.24, 2.45) is 11.8 Å². The van der Waals surface area contributed by atoms with Gasteiger partial charge in [-0.25, -0.2) is 0 Å². The zero-order chi connectivity index (χ0) is 23.1. The fraction of sp³-hybridized carbons (Fsp3) is 0.562. The van der Waals surface area contributed by atoms with Crippen molar-refractivity contribution in [3.05, 3.63) is 77.4 Å². The summed E-state index contributed by atoms with van der Waals surface area (Å²) in [5, 5.41) is 0. The molecule has 1 aliphatic rings. The Morgan fingerprint density at radius 3 is 2.00 bits per heavy atom. The van der Waals surface area contributed by atoms with Gasteiger partial charge in [-0.3, -0.25) is 0 Å². The molecule has 0 saturated heterocycles. The quantitative estimate of drug-likeness (QED) is 0.248. The minimum Gasteiger partial charge on any atom is -0.377 e. The summed E-state index contributed by atoms with van der Waals surface area (Å²) < 4.78 is 5.79. The zero-order valence-electron chi connectivity index (χ0n) is 21.1. The van der Waals surface area contributed by atoms with Crippen molar-refractivity contribution in [1.29, 1.82) is 0 Å². The SMILES string of the molecule is C=Cc1ccc(CCCC[C@H]2CC[C@H](CCc3ccc(COCCCCC)cc3)CC2)cc1. The topological polar surface area (TPSA) is 9.23 Å². The molecule has 2 aromatic rings. The van der Waals surface area contributed by atoms with Crippen molar-refractivity contribution in [3.8, 4) is 0 Å². The summed E-state index contributed by atoms with van der Waals surface area (Å²) in [6, 6.07) is 18.1. The Hall–Kier alpha value is -1.86. The molecule has 1 fully saturated rings. The molecule has 2 aromatic carbocycles. The van der Waals surface area contributed by atoms with E-state index in [-0.39, 0.29) is 0 Å². The lowest BCUT2D eigenvalue weighted by Crippen LogP contribution is -2.15. The molecule has 0 heterocycles. The molecule has 33 heavy (non-hydrogen) atoms. The summed E-state index contributed by atoms with van der Waals surface area (Å²) in [5.74, 6) is 1.91. The van der Waals surface area contributed by atoms with Gasteiger partial charge in [-0.1, -0.05) is 119 Å². The van der Waals surface area contributed by atoms with Gasteiger partial charge in [-0.2, -0.15) is 0 Å². The largest absolute Gasteiger partial charge is 0.377 e. The van der Waals surface area contributed by atoms with Gasteiger partial charge < -0.3 is 4.74 Å². The van der Waals surface area contributed by atoms with Gasteiger partial charge in [0.2, 0.25) is 0 Å². The van der Waals surface area contributed by atoms with Gasteiger partial charge in [0.05, 0.1) is 6.61 Å². The lowest BCUT2D eigenvalue weighted by molar-refractivity contribution is 0.117. The number of hydrogen-bond acceptors (Lipinski definition) is 1. The Bertz CT molecular complexity index is 765. The van der Waals surface area contributed by atoms with Crippen LogP contribution in [0.15, 0.2) is 55.1 Å². The highest BCUT2D eigenvalue weighted by Crippen LogP contribution is 2.34. The van der Waals surface area contributed by atoms with Crippen molar-refractivity contribution in [1.82, 2.24) is 0 Å². The molecule has 1 saturated carbocycles. The number of ether oxygens (including phenoxy) is 1. The van der Waals surface area contributed by atoms with E-state index in [0.717, 1.165) is 25.0 Å². The second kappa shape index (κ2) is 15.1. The first-order valence-electron chi connectivity index (χ1n) is 13.6. The van der Waals surface area contributed by atoms with Gasteiger partial charge in [0.25, 0.3) is 0 Å². The average molecular weight is 447 g/mol. The van der Waals surface area contributed by atoms with E-state index in [1.54, 1.807) is 0 Å². The van der Waals surface area contributed by atoms with Crippen molar-refractivity contribution in [2.75, 3.05) is 6.61 Å². The lowest BCUT2D eigenvalue weighted by atomic mass is 9.77. The molecule has 0 atom stereocenters. The Kier molecular flexibility index (Phi) is 11.8. The minimum atomic E-state index is 0.760. The smallest absolute Gasteiger partial charge is 0.0716 e. The van der Waals surface area contributed by atoms with E-state index in [1.165, 1.54) is 106 Å². The molecule has 0 radical (unpaired) electrons. The Morgan fingerprint density at radius 1 is 0.727 bits per heavy atom. The van der Waals surface area contributed by atoms with Crippen molar-refractivity contribution < 1.29 is 4.74 Å². The van der Waals surface area contributed by atoms with Crippen LogP contribution in [0.1, 0.15) is 99.8 Å². The highest BCUT2D eigenvalue weighted by Gasteiger charge is 2.20. The van der Waals surface area contributed by atoms with Crippen LogP contribution in [0.2, 0.25) is 0 Å². The highest BCUT2D eigenvalue weighted by atomic mass is 16.5. The van der Waals surface area contributed by atoms with Crippen LogP contribution in [-0.2, 0) is 24.2 Å². The summed E-state index contributed by atoms with van der Waals surface area (Å²) in [4.78, 5) is 0. The summed E-state index contributed by atoms with van der Waals surface area (Å²) >= 11 is 0. The van der Waals surface area contributed by atoms with E-state index >= 15 is 0 Å². The second-order valence-electron chi connectivity index (χ2n) is 10.2. The first kappa shape index (κ1) is 25.8. The number of unbranched alkanes of at least 4 members (excludes halogenated alkanes) is 3. The molecule has 0 bridgehead atoms. The predicted octanol–water partition coefficient (Wildman–Crippen LogP) is 9.19. The third kappa shape index (κ3) is 9.88. The Morgan fingerprint density at radius 2 is 1.33 bits per heavy atom. The van der Waals surface area contributed by atoms with Crippen molar-refractivity contribution in [2.45, 2.75) is 97.0 Å². The van der Waals surface area contributed by atoms with Gasteiger partial charge in [-0.05, 0) is 66.2 Å². The fourth-order valence-electron chi connectivity index (χ4n) is 5.21. The molecule has 0 aromatic heterocycles. The van der Waals surface area contributed by atoms with Crippen molar-refractivity contribution >= 4 is 6.08 Å². The molecule has 3 rings (SSSR count). The van der Waals surface area contributed by atoms with Crippen LogP contribution in [0.5, 0.6) is 0 Å². The van der Waals surface area contributed by atoms with Crippen LogP contribution in [0, 0.1) is 11.8 Å². The normalized spacial score (nSPS) is 18.3. The van der Waals surface area contributed by atoms with Crippen LogP contribution in [0.25, 0.3) is 6.08 Å². The van der Waals surface area contributed by atoms with Crippen LogP contribution >= 0.6 is 0 Å². The van der Waals surface area contributed by atoms with E-state index in [1.807, 2.05) is 6.08 Å². The van der Waals surface area contributed by atoms with Gasteiger partial charge in [0.1, 0.15) is 0 Å². The van der Waals surface area contributed by atoms with Gasteiger partial charge >= 0.3 is 0 Å². The second-order valence-corrected chi connectivity index (χ2v) is 10.2. The monoisotopic (exact) mass is 446 g/mol. The van der Waals surface area contributed by atoms with E-state index in [0.29, 0.717) is 0 Å². The van der Waals surface area contributed by atoms with Gasteiger partial charge in [0.15, 0.2) is 0 Å². The molecule has 0 aliphatic heterocycles. The minimum absolute atomic E-state index is 0.760. The number of benzene rings is 2. The maximum Gasteiger partial charge on any atom is 0.0716 e. The maximum atomic E-state index is 5.79. The predicted molar refractivity (Wildman–Crippen MR) is 143 cm³/mol. The summed E-state index contributed by atoms with van der Waals surface area (Å²) in [6.45, 7) is 7.72. The Balaban J connectivity index is 1.24. The lowest BCUT2D eigenvalue weighted by Gasteiger charge is -2.28. The van der Waals surface area contributed by atoms with Gasteiger partial charge in [-0.15, -0.1) is 0 Å². The van der Waals surface area contributed by atoms with Gasteiger partial charge in [0, 0.05) is 6.61 Å². The third-order valence-corrected chi connectivity index (χ3v) is 7.53. The standard InChI is InChI=1S/C32H46O/c1-3-5-8-25-33-26-32-23-21-31(22-24-32)20-19-30-17-15-29(16-18-30)10-7-6-9-28-13-11-27(4-2)12-14-28/h4,11-14,21-24,29-30H,2-3,5-10,15-20,25-26H2,1H3/t29-,30-. The number of rotatable bonds is 15. The molecule has 1 aliphatic carbocycles. The average Bonchev–Trinajstić information content (AvgIpc) is 2.87. The molecule has 0 amide bonds. The number of hydrogen-bond donors (Lipinski definition) is 0. The zero-order valence-corrected chi connectivity index (χ0v) is 21.1. The Labute approximate surface area is 203 Å². The molecular formula is C32H46O. The molecular weight excluding hydrogens is 400 g/mol. The first-order valence-corrected chi connectivity index (χ1v) is 13.6. The van der Waals surface area contributed by atoms with Crippen LogP contribution < -0.4 is 0 Å². The van der Waals surface area contributed by atoms with Crippen LogP contribution in [-0.4, -0.2) is 6.61 Å². The van der Waals surface area contributed by atoms with Crippen molar-refractivity contribution in [3.63, 3.8) is 0 Å². The molecule has 1 heteroatoms. The molecule has 180 valence electrons. The maximum absolute atomic E-state index is 5.79. The fourth-order valence-corrected chi connectivity index (χ4v) is 5.21. The molecule has 1 nitrogen and oxygen atoms in total.